The lowest BCUT2D eigenvalue weighted by molar-refractivity contribution is 0.100. The number of rotatable bonds is 6. The van der Waals surface area contributed by atoms with E-state index in [1.165, 1.54) is 6.33 Å². The number of carbonyl (C=O) groups excluding carboxylic acids is 1. The first-order chi connectivity index (χ1) is 17.6. The smallest absolute Gasteiger partial charge is 0.254 e. The van der Waals surface area contributed by atoms with E-state index < -0.39 is 5.91 Å². The first kappa shape index (κ1) is 21.5. The lowest BCUT2D eigenvalue weighted by Crippen LogP contribution is -2.12. The third kappa shape index (κ3) is 3.63. The molecule has 0 aliphatic heterocycles. The number of aryl methyl sites for hydroxylation is 1. The second-order valence-corrected chi connectivity index (χ2v) is 8.47. The van der Waals surface area contributed by atoms with Gasteiger partial charge in [-0.15, -0.1) is 5.10 Å². The van der Waals surface area contributed by atoms with E-state index in [0.29, 0.717) is 23.9 Å². The van der Waals surface area contributed by atoms with Crippen molar-refractivity contribution >= 4 is 28.1 Å². The molecule has 0 atom stereocenters. The van der Waals surface area contributed by atoms with E-state index in [1.54, 1.807) is 18.5 Å². The predicted molar refractivity (Wildman–Crippen MR) is 138 cm³/mol. The SMILES string of the molecule is Cc1cc2c(C(N)=O)cccc2n1-c1nc(NCc2ccccc2)c2ccc(-c3cncnc3)n2n1. The van der Waals surface area contributed by atoms with Crippen LogP contribution in [-0.2, 0) is 6.54 Å². The number of anilines is 1. The molecule has 2 aromatic carbocycles. The van der Waals surface area contributed by atoms with E-state index in [-0.39, 0.29) is 0 Å². The summed E-state index contributed by atoms with van der Waals surface area (Å²) in [4.78, 5) is 25.3. The van der Waals surface area contributed by atoms with Gasteiger partial charge in [-0.25, -0.2) is 14.5 Å². The average Bonchev–Trinajstić information content (AvgIpc) is 3.48. The first-order valence-corrected chi connectivity index (χ1v) is 11.4. The number of benzene rings is 2. The number of aromatic nitrogens is 6. The highest BCUT2D eigenvalue weighted by Gasteiger charge is 2.19. The number of nitrogens with zero attached hydrogens (tertiary/aromatic N) is 6. The van der Waals surface area contributed by atoms with Gasteiger partial charge in [0.25, 0.3) is 5.95 Å². The van der Waals surface area contributed by atoms with Crippen molar-refractivity contribution in [1.82, 2.24) is 29.1 Å². The maximum atomic E-state index is 12.0. The predicted octanol–water partition coefficient (Wildman–Crippen LogP) is 4.15. The molecular formula is C27H22N8O. The molecule has 4 aromatic heterocycles. The minimum absolute atomic E-state index is 0.459. The largest absolute Gasteiger partial charge is 0.366 e. The molecule has 0 saturated heterocycles. The molecule has 0 saturated carbocycles. The standard InChI is InChI=1S/C27H22N8O/c1-17-12-21-20(25(28)36)8-5-9-23(21)34(17)27-32-26(31-13-18-6-3-2-4-7-18)24-11-10-22(35(24)33-27)19-14-29-16-30-15-19/h2-12,14-16H,13H2,1H3,(H2,28,36)(H,31,32,33). The number of hydrogen-bond donors (Lipinski definition) is 2. The topological polar surface area (TPSA) is 116 Å². The summed E-state index contributed by atoms with van der Waals surface area (Å²) >= 11 is 0. The van der Waals surface area contributed by atoms with Crippen molar-refractivity contribution in [3.8, 4) is 17.2 Å². The Morgan fingerprint density at radius 1 is 0.972 bits per heavy atom. The van der Waals surface area contributed by atoms with Crippen LogP contribution in [0.5, 0.6) is 0 Å². The molecule has 36 heavy (non-hydrogen) atoms. The first-order valence-electron chi connectivity index (χ1n) is 11.4. The quantitative estimate of drug-likeness (QED) is 0.375. The molecule has 0 bridgehead atoms. The van der Waals surface area contributed by atoms with Gasteiger partial charge in [0, 0.05) is 41.1 Å². The monoisotopic (exact) mass is 474 g/mol. The van der Waals surface area contributed by atoms with Crippen molar-refractivity contribution in [2.75, 3.05) is 5.32 Å². The summed E-state index contributed by atoms with van der Waals surface area (Å²) in [6.07, 6.45) is 5.00. The van der Waals surface area contributed by atoms with E-state index in [0.717, 1.165) is 38.9 Å². The number of amides is 1. The Morgan fingerprint density at radius 3 is 2.56 bits per heavy atom. The minimum atomic E-state index is -0.476. The highest BCUT2D eigenvalue weighted by atomic mass is 16.1. The van der Waals surface area contributed by atoms with Crippen molar-refractivity contribution < 1.29 is 4.79 Å². The second-order valence-electron chi connectivity index (χ2n) is 8.47. The van der Waals surface area contributed by atoms with E-state index in [2.05, 4.69) is 27.4 Å². The lowest BCUT2D eigenvalue weighted by Gasteiger charge is -2.13. The van der Waals surface area contributed by atoms with Crippen LogP contribution in [0.15, 0.2) is 85.5 Å². The normalized spacial score (nSPS) is 11.2. The van der Waals surface area contributed by atoms with E-state index >= 15 is 0 Å². The molecule has 3 N–H and O–H groups in total. The van der Waals surface area contributed by atoms with E-state index in [4.69, 9.17) is 15.8 Å². The molecule has 1 amide bonds. The summed E-state index contributed by atoms with van der Waals surface area (Å²) in [7, 11) is 0. The minimum Gasteiger partial charge on any atom is -0.366 e. The fourth-order valence-electron chi connectivity index (χ4n) is 4.48. The molecule has 0 unspecified atom stereocenters. The summed E-state index contributed by atoms with van der Waals surface area (Å²) in [5, 5.41) is 9.15. The van der Waals surface area contributed by atoms with Crippen molar-refractivity contribution in [2.24, 2.45) is 5.73 Å². The fourth-order valence-corrected chi connectivity index (χ4v) is 4.48. The van der Waals surface area contributed by atoms with Gasteiger partial charge in [-0.3, -0.25) is 9.36 Å². The van der Waals surface area contributed by atoms with Crippen molar-refractivity contribution in [1.29, 1.82) is 0 Å². The Bertz CT molecular complexity index is 1720. The summed E-state index contributed by atoms with van der Waals surface area (Å²) in [6.45, 7) is 2.55. The Labute approximate surface area is 206 Å². The van der Waals surface area contributed by atoms with Crippen LogP contribution in [0.1, 0.15) is 21.6 Å². The van der Waals surface area contributed by atoms with Crippen LogP contribution >= 0.6 is 0 Å². The van der Waals surface area contributed by atoms with Crippen molar-refractivity contribution in [3.05, 3.63) is 102 Å². The zero-order valence-corrected chi connectivity index (χ0v) is 19.5. The molecule has 0 fully saturated rings. The zero-order valence-electron chi connectivity index (χ0n) is 19.5. The van der Waals surface area contributed by atoms with Gasteiger partial charge in [-0.2, -0.15) is 4.98 Å². The van der Waals surface area contributed by atoms with Gasteiger partial charge in [0.1, 0.15) is 11.8 Å². The third-order valence-corrected chi connectivity index (χ3v) is 6.15. The molecule has 0 aliphatic carbocycles. The van der Waals surface area contributed by atoms with E-state index in [9.17, 15) is 4.79 Å². The van der Waals surface area contributed by atoms with Crippen LogP contribution in [0.25, 0.3) is 33.6 Å². The van der Waals surface area contributed by atoms with Crippen LogP contribution in [0.4, 0.5) is 5.82 Å². The number of nitrogens with two attached hydrogens (primary N) is 1. The summed E-state index contributed by atoms with van der Waals surface area (Å²) in [5.74, 6) is 0.664. The van der Waals surface area contributed by atoms with Gasteiger partial charge in [-0.1, -0.05) is 36.4 Å². The lowest BCUT2D eigenvalue weighted by atomic mass is 10.1. The second kappa shape index (κ2) is 8.62. The zero-order chi connectivity index (χ0) is 24.6. The molecule has 176 valence electrons. The maximum absolute atomic E-state index is 12.0. The van der Waals surface area contributed by atoms with Crippen LogP contribution in [0.2, 0.25) is 0 Å². The molecule has 9 heteroatoms. The number of primary amides is 1. The van der Waals surface area contributed by atoms with Crippen LogP contribution < -0.4 is 11.1 Å². The van der Waals surface area contributed by atoms with Crippen molar-refractivity contribution in [3.63, 3.8) is 0 Å². The molecule has 6 aromatic rings. The molecule has 4 heterocycles. The molecule has 0 spiro atoms. The van der Waals surface area contributed by atoms with Crippen LogP contribution in [-0.4, -0.2) is 35.0 Å². The van der Waals surface area contributed by atoms with Crippen molar-refractivity contribution in [2.45, 2.75) is 13.5 Å². The highest BCUT2D eigenvalue weighted by Crippen LogP contribution is 2.29. The Kier molecular flexibility index (Phi) is 5.15. The molecule has 9 nitrogen and oxygen atoms in total. The Hall–Kier alpha value is -5.05. The summed E-state index contributed by atoms with van der Waals surface area (Å²) in [5.41, 5.74) is 11.4. The van der Waals surface area contributed by atoms with Gasteiger partial charge in [0.15, 0.2) is 5.82 Å². The van der Waals surface area contributed by atoms with Gasteiger partial charge in [-0.05, 0) is 42.8 Å². The van der Waals surface area contributed by atoms with Crippen LogP contribution in [0, 0.1) is 6.92 Å². The van der Waals surface area contributed by atoms with Gasteiger partial charge >= 0.3 is 0 Å². The van der Waals surface area contributed by atoms with Gasteiger partial charge in [0.05, 0.1) is 11.2 Å². The Morgan fingerprint density at radius 2 is 1.78 bits per heavy atom. The Balaban J connectivity index is 1.57. The fraction of sp³-hybridized carbons (Fsp3) is 0.0741. The molecule has 0 radical (unpaired) electrons. The van der Waals surface area contributed by atoms with Crippen LogP contribution in [0.3, 0.4) is 0 Å². The number of fused-ring (bicyclic) bond motifs is 2. The van der Waals surface area contributed by atoms with E-state index in [1.807, 2.05) is 64.5 Å². The molecule has 6 rings (SSSR count). The molecule has 0 aliphatic rings. The summed E-state index contributed by atoms with van der Waals surface area (Å²) < 4.78 is 3.78. The highest BCUT2D eigenvalue weighted by molar-refractivity contribution is 6.06. The number of carbonyl (C=O) groups is 1. The third-order valence-electron chi connectivity index (χ3n) is 6.15. The maximum Gasteiger partial charge on any atom is 0.254 e. The van der Waals surface area contributed by atoms with Gasteiger partial charge in [0.2, 0.25) is 5.91 Å². The van der Waals surface area contributed by atoms with Gasteiger partial charge < -0.3 is 11.1 Å². The number of nitrogens with one attached hydrogen (secondary N) is 1. The molecular weight excluding hydrogens is 452 g/mol. The average molecular weight is 475 g/mol. The number of hydrogen-bond acceptors (Lipinski definition) is 6. The summed E-state index contributed by atoms with van der Waals surface area (Å²) in [6, 6.07) is 21.5.